The van der Waals surface area contributed by atoms with E-state index in [4.69, 9.17) is 0 Å². The first kappa shape index (κ1) is 16.4. The lowest BCUT2D eigenvalue weighted by atomic mass is 10.0. The Morgan fingerprint density at radius 3 is 2.80 bits per heavy atom. The van der Waals surface area contributed by atoms with E-state index in [0.29, 0.717) is 6.04 Å². The number of fused-ring (bicyclic) bond motifs is 1. The number of benzene rings is 1. The Labute approximate surface area is 148 Å². The zero-order valence-corrected chi connectivity index (χ0v) is 15.1. The number of amides is 2. The van der Waals surface area contributed by atoms with Crippen molar-refractivity contribution in [1.29, 1.82) is 0 Å². The molecule has 1 atom stereocenters. The van der Waals surface area contributed by atoms with Crippen molar-refractivity contribution >= 4 is 17.1 Å². The summed E-state index contributed by atoms with van der Waals surface area (Å²) in [5, 5.41) is 3.07. The van der Waals surface area contributed by atoms with E-state index in [1.807, 2.05) is 17.9 Å². The minimum atomic E-state index is -0.130. The molecule has 4 rings (SSSR count). The summed E-state index contributed by atoms with van der Waals surface area (Å²) >= 11 is 0. The van der Waals surface area contributed by atoms with Gasteiger partial charge in [0.2, 0.25) is 0 Å². The lowest BCUT2D eigenvalue weighted by molar-refractivity contribution is 0.0443. The molecule has 2 amide bonds. The zero-order chi connectivity index (χ0) is 17.4. The van der Waals surface area contributed by atoms with E-state index in [2.05, 4.69) is 39.2 Å². The van der Waals surface area contributed by atoms with Crippen LogP contribution in [0.4, 0.5) is 4.79 Å². The molecule has 0 radical (unpaired) electrons. The second-order valence-corrected chi connectivity index (χ2v) is 7.47. The van der Waals surface area contributed by atoms with Crippen LogP contribution in [0, 0.1) is 6.92 Å². The monoisotopic (exact) mass is 341 g/mol. The topological polar surface area (TPSA) is 64.3 Å². The lowest BCUT2D eigenvalue weighted by Crippen LogP contribution is -2.63. The fourth-order valence-electron chi connectivity index (χ4n) is 3.83. The van der Waals surface area contributed by atoms with Crippen molar-refractivity contribution in [2.24, 2.45) is 0 Å². The van der Waals surface area contributed by atoms with Gasteiger partial charge in [0.1, 0.15) is 5.82 Å². The first-order valence-electron chi connectivity index (χ1n) is 9.36. The maximum absolute atomic E-state index is 12.5. The first-order valence-corrected chi connectivity index (χ1v) is 9.36. The molecule has 6 nitrogen and oxygen atoms in total. The van der Waals surface area contributed by atoms with Crippen LogP contribution in [0.3, 0.4) is 0 Å². The van der Waals surface area contributed by atoms with Crippen LogP contribution in [0.5, 0.6) is 0 Å². The molecule has 0 unspecified atom stereocenters. The van der Waals surface area contributed by atoms with Crippen molar-refractivity contribution in [1.82, 2.24) is 25.1 Å². The Hall–Kier alpha value is -2.08. The van der Waals surface area contributed by atoms with Gasteiger partial charge in [-0.3, -0.25) is 4.90 Å². The number of carbonyl (C=O) groups excluding carboxylic acids is 1. The highest BCUT2D eigenvalue weighted by atomic mass is 16.2. The van der Waals surface area contributed by atoms with Crippen molar-refractivity contribution in [3.63, 3.8) is 0 Å². The summed E-state index contributed by atoms with van der Waals surface area (Å²) in [7, 11) is 0. The van der Waals surface area contributed by atoms with Crippen LogP contribution < -0.4 is 5.32 Å². The summed E-state index contributed by atoms with van der Waals surface area (Å²) in [6.07, 6.45) is 3.94. The minimum Gasteiger partial charge on any atom is -0.340 e. The lowest BCUT2D eigenvalue weighted by Gasteiger charge is -2.46. The Morgan fingerprint density at radius 1 is 1.28 bits per heavy atom. The zero-order valence-electron chi connectivity index (χ0n) is 15.1. The molecular formula is C19H27N5O. The van der Waals surface area contributed by atoms with Crippen LogP contribution in [0.2, 0.25) is 0 Å². The van der Waals surface area contributed by atoms with Crippen LogP contribution in [-0.2, 0) is 0 Å². The number of aromatic nitrogens is 2. The van der Waals surface area contributed by atoms with Gasteiger partial charge in [-0.1, -0.05) is 12.5 Å². The number of aryl methyl sites for hydroxylation is 1. The molecular weight excluding hydrogens is 314 g/mol. The second kappa shape index (κ2) is 6.67. The Bertz CT molecular complexity index is 758. The Kier molecular flexibility index (Phi) is 4.37. The summed E-state index contributed by atoms with van der Waals surface area (Å²) in [4.78, 5) is 24.8. The van der Waals surface area contributed by atoms with Crippen LogP contribution in [0.25, 0.3) is 11.0 Å². The highest BCUT2D eigenvalue weighted by molar-refractivity contribution is 5.77. The fraction of sp³-hybridized carbons (Fsp3) is 0.579. The van der Waals surface area contributed by atoms with Crippen LogP contribution in [0.15, 0.2) is 18.2 Å². The van der Waals surface area contributed by atoms with Crippen molar-refractivity contribution in [2.45, 2.75) is 45.2 Å². The highest BCUT2D eigenvalue weighted by Gasteiger charge is 2.35. The van der Waals surface area contributed by atoms with Crippen molar-refractivity contribution in [3.05, 3.63) is 29.6 Å². The molecule has 2 aromatic rings. The Balaban J connectivity index is 1.32. The maximum Gasteiger partial charge on any atom is 0.318 e. The number of nitrogens with zero attached hydrogens (tertiary/aromatic N) is 3. The third-order valence-electron chi connectivity index (χ3n) is 5.46. The summed E-state index contributed by atoms with van der Waals surface area (Å²) in [5.74, 6) is 0.807. The average molecular weight is 341 g/mol. The second-order valence-electron chi connectivity index (χ2n) is 7.47. The number of likely N-dealkylation sites (tertiary alicyclic amines) is 2. The third-order valence-corrected chi connectivity index (χ3v) is 5.46. The third kappa shape index (κ3) is 3.35. The number of H-pyrrole nitrogens is 1. The van der Waals surface area contributed by atoms with Crippen LogP contribution in [-0.4, -0.2) is 58.0 Å². The highest BCUT2D eigenvalue weighted by Crippen LogP contribution is 2.21. The predicted octanol–water partition coefficient (Wildman–Crippen LogP) is 2.81. The molecule has 2 aliphatic heterocycles. The fourth-order valence-corrected chi connectivity index (χ4v) is 3.83. The number of aromatic amines is 1. The van der Waals surface area contributed by atoms with Crippen molar-refractivity contribution in [3.8, 4) is 0 Å². The first-order chi connectivity index (χ1) is 12.1. The smallest absolute Gasteiger partial charge is 0.318 e. The summed E-state index contributed by atoms with van der Waals surface area (Å²) in [5.41, 5.74) is 3.16. The molecule has 3 heterocycles. The maximum atomic E-state index is 12.5. The summed E-state index contributed by atoms with van der Waals surface area (Å²) in [6, 6.07) is 6.58. The molecule has 0 bridgehead atoms. The van der Waals surface area contributed by atoms with Gasteiger partial charge in [-0.05, 0) is 57.5 Å². The van der Waals surface area contributed by atoms with E-state index >= 15 is 0 Å². The molecule has 134 valence electrons. The van der Waals surface area contributed by atoms with Gasteiger partial charge in [-0.15, -0.1) is 0 Å². The molecule has 6 heteroatoms. The summed E-state index contributed by atoms with van der Waals surface area (Å²) < 4.78 is 0. The normalized spacial score (nSPS) is 20.5. The molecule has 1 aromatic carbocycles. The number of urea groups is 1. The standard InChI is InChI=1S/C19H27N5O/c1-13-6-7-16-17(10-13)22-18(21-16)14(2)20-19(25)24-11-15(12-24)23-8-4-3-5-9-23/h6-7,10,14-15H,3-5,8-9,11-12H2,1-2H3,(H,20,25)(H,21,22)/t14-/m0/s1. The van der Waals surface area contributed by atoms with Gasteiger partial charge < -0.3 is 15.2 Å². The van der Waals surface area contributed by atoms with E-state index in [1.165, 1.54) is 37.9 Å². The quantitative estimate of drug-likeness (QED) is 0.902. The average Bonchev–Trinajstić information content (AvgIpc) is 2.97. The molecule has 0 aliphatic carbocycles. The molecule has 0 spiro atoms. The molecule has 2 fully saturated rings. The molecule has 2 saturated heterocycles. The van der Waals surface area contributed by atoms with E-state index in [9.17, 15) is 4.79 Å². The largest absolute Gasteiger partial charge is 0.340 e. The van der Waals surface area contributed by atoms with Crippen molar-refractivity contribution < 1.29 is 4.79 Å². The van der Waals surface area contributed by atoms with E-state index in [0.717, 1.165) is 29.9 Å². The van der Waals surface area contributed by atoms with Gasteiger partial charge in [0.25, 0.3) is 0 Å². The van der Waals surface area contributed by atoms with Gasteiger partial charge in [0.15, 0.2) is 0 Å². The summed E-state index contributed by atoms with van der Waals surface area (Å²) in [6.45, 7) is 8.11. The predicted molar refractivity (Wildman–Crippen MR) is 98.6 cm³/mol. The van der Waals surface area contributed by atoms with Gasteiger partial charge in [0, 0.05) is 19.1 Å². The minimum absolute atomic E-state index is 0.0115. The molecule has 2 aliphatic rings. The van der Waals surface area contributed by atoms with E-state index < -0.39 is 0 Å². The van der Waals surface area contributed by atoms with Gasteiger partial charge in [-0.25, -0.2) is 9.78 Å². The van der Waals surface area contributed by atoms with E-state index in [1.54, 1.807) is 0 Å². The van der Waals surface area contributed by atoms with Crippen LogP contribution >= 0.6 is 0 Å². The Morgan fingerprint density at radius 2 is 2.04 bits per heavy atom. The van der Waals surface area contributed by atoms with E-state index in [-0.39, 0.29) is 12.1 Å². The van der Waals surface area contributed by atoms with Crippen LogP contribution in [0.1, 0.15) is 43.6 Å². The number of piperidine rings is 1. The SMILES string of the molecule is Cc1ccc2nc([C@H](C)NC(=O)N3CC(N4CCCCC4)C3)[nH]c2c1. The van der Waals surface area contributed by atoms with Gasteiger partial charge in [-0.2, -0.15) is 0 Å². The number of hydrogen-bond donors (Lipinski definition) is 2. The molecule has 25 heavy (non-hydrogen) atoms. The number of carbonyl (C=O) groups is 1. The van der Waals surface area contributed by atoms with Gasteiger partial charge in [0.05, 0.1) is 17.1 Å². The number of nitrogens with one attached hydrogen (secondary N) is 2. The van der Waals surface area contributed by atoms with Gasteiger partial charge >= 0.3 is 6.03 Å². The molecule has 2 N–H and O–H groups in total. The number of hydrogen-bond acceptors (Lipinski definition) is 3. The molecule has 0 saturated carbocycles. The number of rotatable bonds is 3. The van der Waals surface area contributed by atoms with Crippen molar-refractivity contribution in [2.75, 3.05) is 26.2 Å². The number of imidazole rings is 1. The molecule has 1 aromatic heterocycles.